The molecular weight excluding hydrogens is 445 g/mol. The van der Waals surface area contributed by atoms with Crippen LogP contribution in [-0.4, -0.2) is 54.0 Å². The van der Waals surface area contributed by atoms with Gasteiger partial charge in [-0.2, -0.15) is 0 Å². The summed E-state index contributed by atoms with van der Waals surface area (Å²) in [5.74, 6) is 0.974. The number of guanidine groups is 1. The Morgan fingerprint density at radius 1 is 1.20 bits per heavy atom. The zero-order chi connectivity index (χ0) is 16.8. The summed E-state index contributed by atoms with van der Waals surface area (Å²) in [6.45, 7) is 7.99. The van der Waals surface area contributed by atoms with E-state index in [1.165, 1.54) is 10.4 Å². The monoisotopic (exact) mass is 471 g/mol. The van der Waals surface area contributed by atoms with Crippen LogP contribution in [0.25, 0.3) is 0 Å². The summed E-state index contributed by atoms with van der Waals surface area (Å²) in [6.07, 6.45) is 1.92. The van der Waals surface area contributed by atoms with Gasteiger partial charge in [-0.25, -0.2) is 4.98 Å². The summed E-state index contributed by atoms with van der Waals surface area (Å²) in [5, 5.41) is 4.55. The number of rotatable bonds is 4. The van der Waals surface area contributed by atoms with Crippen molar-refractivity contribution in [1.82, 2.24) is 20.1 Å². The van der Waals surface area contributed by atoms with E-state index in [4.69, 9.17) is 0 Å². The summed E-state index contributed by atoms with van der Waals surface area (Å²) in [5.41, 5.74) is 1.38. The van der Waals surface area contributed by atoms with Gasteiger partial charge in [0, 0.05) is 50.8 Å². The van der Waals surface area contributed by atoms with E-state index < -0.39 is 0 Å². The minimum Gasteiger partial charge on any atom is -0.350 e. The third-order valence-corrected chi connectivity index (χ3v) is 5.11. The first-order valence-electron chi connectivity index (χ1n) is 8.38. The zero-order valence-corrected chi connectivity index (χ0v) is 18.0. The molecule has 1 fully saturated rings. The number of aliphatic imine (C=N–C) groups is 1. The minimum absolute atomic E-state index is 0. The predicted molar refractivity (Wildman–Crippen MR) is 116 cm³/mol. The number of thiazole rings is 1. The Bertz CT molecular complexity index is 665. The minimum atomic E-state index is 0. The first kappa shape index (κ1) is 20.1. The highest BCUT2D eigenvalue weighted by atomic mass is 127. The lowest BCUT2D eigenvalue weighted by Crippen LogP contribution is -2.52. The van der Waals surface area contributed by atoms with E-state index >= 15 is 0 Å². The molecule has 1 N–H and O–H groups in total. The Morgan fingerprint density at radius 3 is 2.52 bits per heavy atom. The number of aryl methyl sites for hydroxylation is 1. The smallest absolute Gasteiger partial charge is 0.194 e. The fourth-order valence-corrected chi connectivity index (χ4v) is 3.66. The molecule has 1 aromatic heterocycles. The molecular formula is C18H26IN5S. The fourth-order valence-electron chi connectivity index (χ4n) is 2.93. The quantitative estimate of drug-likeness (QED) is 0.423. The van der Waals surface area contributed by atoms with Gasteiger partial charge in [0.05, 0.1) is 6.54 Å². The summed E-state index contributed by atoms with van der Waals surface area (Å²) < 4.78 is 0. The Kier molecular flexibility index (Phi) is 8.11. The van der Waals surface area contributed by atoms with Gasteiger partial charge >= 0.3 is 0 Å². The Labute approximate surface area is 171 Å². The first-order valence-corrected chi connectivity index (χ1v) is 9.19. The van der Waals surface area contributed by atoms with Crippen molar-refractivity contribution in [1.29, 1.82) is 0 Å². The summed E-state index contributed by atoms with van der Waals surface area (Å²) in [4.78, 5) is 14.9. The second-order valence-electron chi connectivity index (χ2n) is 6.01. The number of aromatic nitrogens is 1. The maximum atomic E-state index is 4.43. The topological polar surface area (TPSA) is 43.8 Å². The Morgan fingerprint density at radius 2 is 1.92 bits per heavy atom. The molecule has 2 heterocycles. The number of hydrogen-bond acceptors (Lipinski definition) is 4. The van der Waals surface area contributed by atoms with Crippen molar-refractivity contribution in [3.63, 3.8) is 0 Å². The zero-order valence-electron chi connectivity index (χ0n) is 14.8. The molecule has 1 aliphatic heterocycles. The fraction of sp³-hybridized carbons (Fsp3) is 0.444. The maximum Gasteiger partial charge on any atom is 0.194 e. The molecule has 0 saturated carbocycles. The lowest BCUT2D eigenvalue weighted by atomic mass is 10.2. The number of nitrogens with one attached hydrogen (secondary N) is 1. The van der Waals surface area contributed by atoms with Crippen molar-refractivity contribution in [2.24, 2.45) is 4.99 Å². The van der Waals surface area contributed by atoms with Crippen LogP contribution < -0.4 is 5.32 Å². The Balaban J connectivity index is 0.00000225. The van der Waals surface area contributed by atoms with Gasteiger partial charge in [-0.1, -0.05) is 30.3 Å². The SMILES string of the molecule is CN=C(NCc1ncc(C)s1)N1CCN(Cc2ccccc2)CC1.I. The molecule has 0 bridgehead atoms. The van der Waals surface area contributed by atoms with Crippen molar-refractivity contribution >= 4 is 41.3 Å². The van der Waals surface area contributed by atoms with Gasteiger partial charge in [0.25, 0.3) is 0 Å². The van der Waals surface area contributed by atoms with E-state index in [0.29, 0.717) is 0 Å². The number of benzene rings is 1. The number of piperazine rings is 1. The molecule has 136 valence electrons. The van der Waals surface area contributed by atoms with E-state index in [1.807, 2.05) is 13.2 Å². The third kappa shape index (κ3) is 5.93. The van der Waals surface area contributed by atoms with Gasteiger partial charge in [0.2, 0.25) is 0 Å². The highest BCUT2D eigenvalue weighted by molar-refractivity contribution is 14.0. The third-order valence-electron chi connectivity index (χ3n) is 4.20. The van der Waals surface area contributed by atoms with Crippen molar-refractivity contribution < 1.29 is 0 Å². The highest BCUT2D eigenvalue weighted by Gasteiger charge is 2.19. The van der Waals surface area contributed by atoms with E-state index in [2.05, 4.69) is 62.3 Å². The molecule has 1 aliphatic rings. The highest BCUT2D eigenvalue weighted by Crippen LogP contribution is 2.11. The summed E-state index contributed by atoms with van der Waals surface area (Å²) in [7, 11) is 1.85. The van der Waals surface area contributed by atoms with E-state index in [1.54, 1.807) is 11.3 Å². The predicted octanol–water partition coefficient (Wildman–Crippen LogP) is 2.96. The molecule has 0 spiro atoms. The van der Waals surface area contributed by atoms with Crippen molar-refractivity contribution in [2.45, 2.75) is 20.0 Å². The largest absolute Gasteiger partial charge is 0.350 e. The van der Waals surface area contributed by atoms with Crippen LogP contribution in [0.2, 0.25) is 0 Å². The molecule has 7 heteroatoms. The first-order chi connectivity index (χ1) is 11.7. The summed E-state index contributed by atoms with van der Waals surface area (Å²) >= 11 is 1.73. The van der Waals surface area contributed by atoms with Gasteiger partial charge in [-0.3, -0.25) is 9.89 Å². The van der Waals surface area contributed by atoms with Crippen molar-refractivity contribution in [3.05, 3.63) is 52.0 Å². The molecule has 0 amide bonds. The molecule has 0 radical (unpaired) electrons. The maximum absolute atomic E-state index is 4.43. The number of halogens is 1. The molecule has 2 aromatic rings. The average Bonchev–Trinajstić information content (AvgIpc) is 3.03. The van der Waals surface area contributed by atoms with Gasteiger partial charge in [-0.05, 0) is 12.5 Å². The lowest BCUT2D eigenvalue weighted by molar-refractivity contribution is 0.172. The van der Waals surface area contributed by atoms with Crippen LogP contribution in [-0.2, 0) is 13.1 Å². The van der Waals surface area contributed by atoms with Crippen LogP contribution in [0.1, 0.15) is 15.4 Å². The van der Waals surface area contributed by atoms with Crippen molar-refractivity contribution in [3.8, 4) is 0 Å². The molecule has 25 heavy (non-hydrogen) atoms. The average molecular weight is 471 g/mol. The normalized spacial score (nSPS) is 15.8. The molecule has 1 saturated heterocycles. The molecule has 5 nitrogen and oxygen atoms in total. The van der Waals surface area contributed by atoms with E-state index in [9.17, 15) is 0 Å². The van der Waals surface area contributed by atoms with Gasteiger partial charge in [0.15, 0.2) is 5.96 Å². The molecule has 0 aliphatic carbocycles. The lowest BCUT2D eigenvalue weighted by Gasteiger charge is -2.36. The number of hydrogen-bond donors (Lipinski definition) is 1. The van der Waals surface area contributed by atoms with E-state index in [-0.39, 0.29) is 24.0 Å². The Hall–Kier alpha value is -1.19. The van der Waals surface area contributed by atoms with Crippen LogP contribution in [0.4, 0.5) is 0 Å². The molecule has 0 unspecified atom stereocenters. The molecule has 1 aromatic carbocycles. The summed E-state index contributed by atoms with van der Waals surface area (Å²) in [6, 6.07) is 10.7. The van der Waals surface area contributed by atoms with Gasteiger partial charge in [0.1, 0.15) is 5.01 Å². The second kappa shape index (κ2) is 10.1. The van der Waals surface area contributed by atoms with Gasteiger partial charge < -0.3 is 10.2 Å². The van der Waals surface area contributed by atoms with Crippen LogP contribution >= 0.6 is 35.3 Å². The number of nitrogens with zero attached hydrogens (tertiary/aromatic N) is 4. The van der Waals surface area contributed by atoms with Crippen molar-refractivity contribution in [2.75, 3.05) is 33.2 Å². The molecule has 0 atom stereocenters. The molecule has 3 rings (SSSR count). The second-order valence-corrected chi connectivity index (χ2v) is 7.33. The van der Waals surface area contributed by atoms with Crippen LogP contribution in [0.5, 0.6) is 0 Å². The van der Waals surface area contributed by atoms with Crippen LogP contribution in [0, 0.1) is 6.92 Å². The van der Waals surface area contributed by atoms with Crippen LogP contribution in [0.3, 0.4) is 0 Å². The van der Waals surface area contributed by atoms with Gasteiger partial charge in [-0.15, -0.1) is 35.3 Å². The van der Waals surface area contributed by atoms with E-state index in [0.717, 1.165) is 50.2 Å². The standard InChI is InChI=1S/C18H25N5S.HI/c1-15-12-20-17(24-15)13-21-18(19-2)23-10-8-22(9-11-23)14-16-6-4-3-5-7-16;/h3-7,12H,8-11,13-14H2,1-2H3,(H,19,21);1H. The van der Waals surface area contributed by atoms with Crippen LogP contribution in [0.15, 0.2) is 41.5 Å².